The van der Waals surface area contributed by atoms with Crippen LogP contribution in [0.4, 0.5) is 0 Å². The molecule has 1 N–H and O–H groups in total. The summed E-state index contributed by atoms with van der Waals surface area (Å²) in [5, 5.41) is 9.40. The minimum absolute atomic E-state index is 0.388. The summed E-state index contributed by atoms with van der Waals surface area (Å²) in [6.07, 6.45) is 2.28. The molecular weight excluding hydrogens is 148 g/mol. The van der Waals surface area contributed by atoms with Crippen molar-refractivity contribution in [3.63, 3.8) is 0 Å². The first-order valence-electron chi connectivity index (χ1n) is 4.12. The second kappa shape index (κ2) is 4.07. The van der Waals surface area contributed by atoms with Crippen molar-refractivity contribution in [3.05, 3.63) is 48.0 Å². The Morgan fingerprint density at radius 1 is 1.50 bits per heavy atom. The minimum Gasteiger partial charge on any atom is -0.389 e. The molecule has 0 aliphatic rings. The van der Waals surface area contributed by atoms with Crippen molar-refractivity contribution in [2.45, 2.75) is 19.4 Å². The number of benzene rings is 1. The van der Waals surface area contributed by atoms with Crippen LogP contribution in [0.15, 0.2) is 36.9 Å². The molecular formula is C11H14O. The van der Waals surface area contributed by atoms with Crippen molar-refractivity contribution in [3.8, 4) is 0 Å². The first-order chi connectivity index (χ1) is 5.75. The van der Waals surface area contributed by atoms with Gasteiger partial charge in [0.15, 0.2) is 0 Å². The molecule has 0 aliphatic carbocycles. The summed E-state index contributed by atoms with van der Waals surface area (Å²) in [5.74, 6) is 0. The van der Waals surface area contributed by atoms with E-state index in [1.54, 1.807) is 6.92 Å². The Kier molecular flexibility index (Phi) is 3.06. The van der Waals surface area contributed by atoms with Crippen molar-refractivity contribution in [2.24, 2.45) is 0 Å². The fourth-order valence-electron chi connectivity index (χ4n) is 1.28. The van der Waals surface area contributed by atoms with Gasteiger partial charge in [0.05, 0.1) is 6.10 Å². The summed E-state index contributed by atoms with van der Waals surface area (Å²) in [5.41, 5.74) is 2.15. The van der Waals surface area contributed by atoms with Crippen molar-refractivity contribution in [1.82, 2.24) is 0 Å². The molecule has 1 nitrogen and oxygen atoms in total. The average molecular weight is 162 g/mol. The van der Waals surface area contributed by atoms with Gasteiger partial charge in [-0.1, -0.05) is 30.3 Å². The lowest BCUT2D eigenvalue weighted by Gasteiger charge is -2.09. The average Bonchev–Trinajstić information content (AvgIpc) is 2.05. The topological polar surface area (TPSA) is 20.2 Å². The molecule has 0 amide bonds. The Hall–Kier alpha value is -1.08. The lowest BCUT2D eigenvalue weighted by molar-refractivity contribution is 0.198. The molecule has 0 radical (unpaired) electrons. The largest absolute Gasteiger partial charge is 0.389 e. The van der Waals surface area contributed by atoms with Crippen LogP contribution >= 0.6 is 0 Å². The van der Waals surface area contributed by atoms with Gasteiger partial charge in [0, 0.05) is 0 Å². The maximum absolute atomic E-state index is 9.40. The first-order valence-corrected chi connectivity index (χ1v) is 4.12. The molecule has 1 atom stereocenters. The van der Waals surface area contributed by atoms with Crippen molar-refractivity contribution in [2.75, 3.05) is 0 Å². The highest BCUT2D eigenvalue weighted by Gasteiger charge is 2.04. The van der Waals surface area contributed by atoms with Gasteiger partial charge in [0.25, 0.3) is 0 Å². The molecule has 0 fully saturated rings. The van der Waals surface area contributed by atoms with Crippen LogP contribution in [-0.2, 0) is 6.42 Å². The molecule has 64 valence electrons. The fourth-order valence-corrected chi connectivity index (χ4v) is 1.28. The van der Waals surface area contributed by atoms with E-state index in [4.69, 9.17) is 0 Å². The third-order valence-electron chi connectivity index (χ3n) is 1.87. The van der Waals surface area contributed by atoms with Crippen molar-refractivity contribution < 1.29 is 5.11 Å². The normalized spacial score (nSPS) is 12.5. The Labute approximate surface area is 73.4 Å². The number of allylic oxidation sites excluding steroid dienone is 1. The van der Waals surface area contributed by atoms with Gasteiger partial charge >= 0.3 is 0 Å². The second-order valence-electron chi connectivity index (χ2n) is 2.87. The highest BCUT2D eigenvalue weighted by Crippen LogP contribution is 2.17. The fraction of sp³-hybridized carbons (Fsp3) is 0.273. The van der Waals surface area contributed by atoms with Crippen LogP contribution in [0.3, 0.4) is 0 Å². The van der Waals surface area contributed by atoms with E-state index in [2.05, 4.69) is 6.58 Å². The molecule has 12 heavy (non-hydrogen) atoms. The number of aliphatic hydroxyl groups is 1. The smallest absolute Gasteiger partial charge is 0.0764 e. The van der Waals surface area contributed by atoms with E-state index in [1.165, 1.54) is 0 Å². The summed E-state index contributed by atoms with van der Waals surface area (Å²) in [6, 6.07) is 7.88. The predicted octanol–water partition coefficient (Wildman–Crippen LogP) is 2.47. The van der Waals surface area contributed by atoms with E-state index < -0.39 is 0 Å². The molecule has 0 aliphatic heterocycles. The van der Waals surface area contributed by atoms with Crippen molar-refractivity contribution in [1.29, 1.82) is 0 Å². The van der Waals surface area contributed by atoms with E-state index >= 15 is 0 Å². The Morgan fingerprint density at radius 3 is 2.75 bits per heavy atom. The zero-order valence-electron chi connectivity index (χ0n) is 7.33. The molecule has 0 bridgehead atoms. The number of hydrogen-bond acceptors (Lipinski definition) is 1. The highest BCUT2D eigenvalue weighted by atomic mass is 16.3. The van der Waals surface area contributed by atoms with E-state index in [9.17, 15) is 5.11 Å². The number of hydrogen-bond donors (Lipinski definition) is 1. The Bertz CT molecular complexity index is 263. The SMILES string of the molecule is C=CCc1ccccc1C(C)O. The van der Waals surface area contributed by atoms with Crippen molar-refractivity contribution >= 4 is 0 Å². The lowest BCUT2D eigenvalue weighted by Crippen LogP contribution is -1.96. The van der Waals surface area contributed by atoms with E-state index in [0.29, 0.717) is 0 Å². The molecule has 1 rings (SSSR count). The summed E-state index contributed by atoms with van der Waals surface area (Å²) in [7, 11) is 0. The van der Waals surface area contributed by atoms with E-state index in [-0.39, 0.29) is 6.10 Å². The number of aliphatic hydroxyl groups excluding tert-OH is 1. The van der Waals surface area contributed by atoms with Gasteiger partial charge in [0.2, 0.25) is 0 Å². The molecule has 0 saturated heterocycles. The van der Waals surface area contributed by atoms with E-state index in [1.807, 2.05) is 30.3 Å². The molecule has 1 aromatic carbocycles. The second-order valence-corrected chi connectivity index (χ2v) is 2.87. The van der Waals surface area contributed by atoms with Gasteiger partial charge in [-0.15, -0.1) is 6.58 Å². The molecule has 0 spiro atoms. The maximum Gasteiger partial charge on any atom is 0.0764 e. The van der Waals surface area contributed by atoms with Gasteiger partial charge in [-0.2, -0.15) is 0 Å². The quantitative estimate of drug-likeness (QED) is 0.677. The van der Waals surface area contributed by atoms with Gasteiger partial charge < -0.3 is 5.11 Å². The summed E-state index contributed by atoms with van der Waals surface area (Å²) in [6.45, 7) is 5.45. The third-order valence-corrected chi connectivity index (χ3v) is 1.87. The van der Waals surface area contributed by atoms with Gasteiger partial charge in [-0.05, 0) is 24.5 Å². The summed E-state index contributed by atoms with van der Waals surface area (Å²) in [4.78, 5) is 0. The van der Waals surface area contributed by atoms with Crippen LogP contribution in [0.25, 0.3) is 0 Å². The van der Waals surface area contributed by atoms with Crippen LogP contribution in [0.1, 0.15) is 24.2 Å². The molecule has 1 unspecified atom stereocenters. The molecule has 0 saturated carbocycles. The molecule has 0 aromatic heterocycles. The molecule has 1 aromatic rings. The summed E-state index contributed by atoms with van der Waals surface area (Å²) < 4.78 is 0. The van der Waals surface area contributed by atoms with Crippen LogP contribution in [-0.4, -0.2) is 5.11 Å². The number of rotatable bonds is 3. The zero-order valence-corrected chi connectivity index (χ0v) is 7.33. The Morgan fingerprint density at radius 2 is 2.17 bits per heavy atom. The first kappa shape index (κ1) is 9.01. The lowest BCUT2D eigenvalue weighted by atomic mass is 10.0. The standard InChI is InChI=1S/C11H14O/c1-3-6-10-7-4-5-8-11(10)9(2)12/h3-5,7-9,12H,1,6H2,2H3. The van der Waals surface area contributed by atoms with E-state index in [0.717, 1.165) is 17.5 Å². The zero-order chi connectivity index (χ0) is 8.97. The van der Waals surface area contributed by atoms with Crippen LogP contribution in [0.2, 0.25) is 0 Å². The molecule has 1 heteroatoms. The van der Waals surface area contributed by atoms with Gasteiger partial charge in [-0.25, -0.2) is 0 Å². The third kappa shape index (κ3) is 1.95. The van der Waals surface area contributed by atoms with Gasteiger partial charge in [-0.3, -0.25) is 0 Å². The Balaban J connectivity index is 2.99. The van der Waals surface area contributed by atoms with Crippen LogP contribution < -0.4 is 0 Å². The van der Waals surface area contributed by atoms with Crippen LogP contribution in [0, 0.1) is 0 Å². The highest BCUT2D eigenvalue weighted by molar-refractivity contribution is 5.30. The summed E-state index contributed by atoms with van der Waals surface area (Å²) >= 11 is 0. The molecule has 0 heterocycles. The predicted molar refractivity (Wildman–Crippen MR) is 51.0 cm³/mol. The maximum atomic E-state index is 9.40. The van der Waals surface area contributed by atoms with Crippen LogP contribution in [0.5, 0.6) is 0 Å². The minimum atomic E-state index is -0.388. The monoisotopic (exact) mass is 162 g/mol. The van der Waals surface area contributed by atoms with Gasteiger partial charge in [0.1, 0.15) is 0 Å².